The van der Waals surface area contributed by atoms with Crippen molar-refractivity contribution in [2.24, 2.45) is 0 Å². The van der Waals surface area contributed by atoms with Gasteiger partial charge in [-0.2, -0.15) is 0 Å². The minimum Gasteiger partial charge on any atom is -0.466 e. The average molecular weight is 389 g/mol. The fraction of sp³-hybridized carbons (Fsp3) is 0.375. The van der Waals surface area contributed by atoms with Gasteiger partial charge in [-0.05, 0) is 44.4 Å². The maximum Gasteiger partial charge on any atom is 0.260 e. The van der Waals surface area contributed by atoms with Gasteiger partial charge in [0.25, 0.3) is 5.91 Å². The molecule has 29 heavy (non-hydrogen) atoms. The number of nitrogens with zero attached hydrogens (tertiary/aromatic N) is 3. The Bertz CT molecular complexity index is 1020. The summed E-state index contributed by atoms with van der Waals surface area (Å²) in [5.41, 5.74) is 4.24. The number of hydrogen-bond acceptors (Lipinski definition) is 4. The van der Waals surface area contributed by atoms with Crippen molar-refractivity contribution in [3.8, 4) is 17.1 Å². The summed E-state index contributed by atoms with van der Waals surface area (Å²) < 4.78 is 5.86. The highest BCUT2D eigenvalue weighted by atomic mass is 16.5. The minimum absolute atomic E-state index is 0.00148. The van der Waals surface area contributed by atoms with Crippen LogP contribution in [-0.2, 0) is 4.79 Å². The lowest BCUT2D eigenvalue weighted by molar-refractivity contribution is -0.133. The van der Waals surface area contributed by atoms with Gasteiger partial charge in [0.15, 0.2) is 6.61 Å². The van der Waals surface area contributed by atoms with Crippen LogP contribution >= 0.6 is 0 Å². The van der Waals surface area contributed by atoms with E-state index >= 15 is 0 Å². The predicted octanol–water partition coefficient (Wildman–Crippen LogP) is 4.70. The summed E-state index contributed by atoms with van der Waals surface area (Å²) in [6.45, 7) is 5.79. The first-order valence-electron chi connectivity index (χ1n) is 10.4. The zero-order valence-electron chi connectivity index (χ0n) is 17.1. The van der Waals surface area contributed by atoms with E-state index < -0.39 is 0 Å². The van der Waals surface area contributed by atoms with Crippen LogP contribution < -0.4 is 4.74 Å². The lowest BCUT2D eigenvalue weighted by atomic mass is 9.99. The van der Waals surface area contributed by atoms with Gasteiger partial charge in [-0.15, -0.1) is 10.2 Å². The maximum absolute atomic E-state index is 12.6. The Morgan fingerprint density at radius 1 is 0.966 bits per heavy atom. The molecule has 0 N–H and O–H groups in total. The molecule has 0 spiro atoms. The Hall–Kier alpha value is -2.95. The van der Waals surface area contributed by atoms with Crippen LogP contribution in [0.4, 0.5) is 0 Å². The van der Waals surface area contributed by atoms with Crippen LogP contribution in [0.3, 0.4) is 0 Å². The molecule has 3 aromatic rings. The summed E-state index contributed by atoms with van der Waals surface area (Å²) in [7, 11) is 0. The molecule has 0 bridgehead atoms. The number of hydrogen-bond donors (Lipinski definition) is 0. The second-order valence-corrected chi connectivity index (χ2v) is 7.80. The van der Waals surface area contributed by atoms with Crippen LogP contribution in [0.15, 0.2) is 42.5 Å². The van der Waals surface area contributed by atoms with E-state index in [1.54, 1.807) is 0 Å². The number of aryl methyl sites for hydroxylation is 2. The summed E-state index contributed by atoms with van der Waals surface area (Å²) >= 11 is 0. The first-order valence-corrected chi connectivity index (χ1v) is 10.4. The molecule has 5 heteroatoms. The van der Waals surface area contributed by atoms with Gasteiger partial charge in [0.05, 0.1) is 0 Å². The third kappa shape index (κ3) is 4.24. The van der Waals surface area contributed by atoms with E-state index in [1.807, 2.05) is 29.2 Å². The largest absolute Gasteiger partial charge is 0.466 e. The van der Waals surface area contributed by atoms with Gasteiger partial charge < -0.3 is 9.64 Å². The van der Waals surface area contributed by atoms with Gasteiger partial charge in [0, 0.05) is 29.4 Å². The average Bonchev–Trinajstić information content (AvgIpc) is 3.03. The maximum atomic E-state index is 12.6. The molecule has 0 unspecified atom stereocenters. The number of amides is 1. The quantitative estimate of drug-likeness (QED) is 0.649. The monoisotopic (exact) mass is 389 g/mol. The lowest BCUT2D eigenvalue weighted by Crippen LogP contribution is -2.35. The Balaban J connectivity index is 1.62. The Morgan fingerprint density at radius 3 is 2.45 bits per heavy atom. The molecule has 2 heterocycles. The van der Waals surface area contributed by atoms with E-state index in [-0.39, 0.29) is 12.5 Å². The number of carbonyl (C=O) groups is 1. The summed E-state index contributed by atoms with van der Waals surface area (Å²) in [5.74, 6) is 0.439. The highest BCUT2D eigenvalue weighted by Gasteiger charge is 2.18. The fourth-order valence-electron chi connectivity index (χ4n) is 3.92. The molecule has 150 valence electrons. The summed E-state index contributed by atoms with van der Waals surface area (Å²) in [5, 5.41) is 10.7. The Labute approximate surface area is 171 Å². The molecule has 1 fully saturated rings. The molecule has 0 saturated carbocycles. The van der Waals surface area contributed by atoms with Crippen molar-refractivity contribution in [1.82, 2.24) is 15.1 Å². The molecule has 1 amide bonds. The summed E-state index contributed by atoms with van der Waals surface area (Å²) in [6.07, 6.45) is 4.53. The van der Waals surface area contributed by atoms with Crippen LogP contribution in [-0.4, -0.2) is 40.7 Å². The number of carbonyl (C=O) groups excluding carboxylic acids is 1. The second kappa shape index (κ2) is 8.60. The second-order valence-electron chi connectivity index (χ2n) is 7.80. The summed E-state index contributed by atoms with van der Waals surface area (Å²) in [4.78, 5) is 14.5. The predicted molar refractivity (Wildman–Crippen MR) is 115 cm³/mol. The molecular formula is C24H27N3O2. The zero-order chi connectivity index (χ0) is 20.2. The van der Waals surface area contributed by atoms with Gasteiger partial charge in [-0.25, -0.2) is 0 Å². The summed E-state index contributed by atoms with van der Waals surface area (Å²) in [6, 6.07) is 14.3. The van der Waals surface area contributed by atoms with E-state index in [0.29, 0.717) is 5.88 Å². The van der Waals surface area contributed by atoms with Crippen LogP contribution in [0, 0.1) is 13.8 Å². The van der Waals surface area contributed by atoms with Crippen molar-refractivity contribution in [1.29, 1.82) is 0 Å². The zero-order valence-corrected chi connectivity index (χ0v) is 17.1. The number of likely N-dealkylation sites (tertiary alicyclic amines) is 1. The smallest absolute Gasteiger partial charge is 0.260 e. The molecule has 1 saturated heterocycles. The molecular weight excluding hydrogens is 362 g/mol. The number of benzene rings is 2. The molecule has 0 aliphatic carbocycles. The van der Waals surface area contributed by atoms with Crippen molar-refractivity contribution in [3.63, 3.8) is 0 Å². The normalized spacial score (nSPS) is 14.6. The fourth-order valence-corrected chi connectivity index (χ4v) is 3.92. The molecule has 0 atom stereocenters. The molecule has 4 rings (SSSR count). The Morgan fingerprint density at radius 2 is 1.69 bits per heavy atom. The van der Waals surface area contributed by atoms with E-state index in [9.17, 15) is 4.79 Å². The Kier molecular flexibility index (Phi) is 5.74. The third-order valence-electron chi connectivity index (χ3n) is 5.59. The van der Waals surface area contributed by atoms with Crippen molar-refractivity contribution >= 4 is 16.7 Å². The first kappa shape index (κ1) is 19.4. The molecule has 5 nitrogen and oxygen atoms in total. The highest BCUT2D eigenvalue weighted by Crippen LogP contribution is 2.32. The molecule has 1 aliphatic rings. The first-order chi connectivity index (χ1) is 14.1. The third-order valence-corrected chi connectivity index (χ3v) is 5.59. The number of ether oxygens (including phenoxy) is 1. The van der Waals surface area contributed by atoms with Crippen LogP contribution in [0.1, 0.15) is 36.8 Å². The van der Waals surface area contributed by atoms with Crippen molar-refractivity contribution in [2.75, 3.05) is 19.7 Å². The van der Waals surface area contributed by atoms with E-state index in [0.717, 1.165) is 53.5 Å². The van der Waals surface area contributed by atoms with Crippen LogP contribution in [0.2, 0.25) is 0 Å². The SMILES string of the molecule is Cc1ccc(C)c(-c2nnc(OCC(=O)N3CCCCCC3)c3ccccc23)c1. The van der Waals surface area contributed by atoms with Crippen LogP contribution in [0.25, 0.3) is 22.0 Å². The van der Waals surface area contributed by atoms with Gasteiger partial charge in [0.1, 0.15) is 5.69 Å². The van der Waals surface area contributed by atoms with Gasteiger partial charge in [-0.1, -0.05) is 48.7 Å². The van der Waals surface area contributed by atoms with Crippen molar-refractivity contribution in [2.45, 2.75) is 39.5 Å². The number of rotatable bonds is 4. The topological polar surface area (TPSA) is 55.3 Å². The van der Waals surface area contributed by atoms with E-state index in [4.69, 9.17) is 4.74 Å². The van der Waals surface area contributed by atoms with Crippen LogP contribution in [0.5, 0.6) is 5.88 Å². The van der Waals surface area contributed by atoms with E-state index in [1.165, 1.54) is 18.4 Å². The lowest BCUT2D eigenvalue weighted by Gasteiger charge is -2.20. The number of fused-ring (bicyclic) bond motifs is 1. The van der Waals surface area contributed by atoms with Crippen molar-refractivity contribution < 1.29 is 9.53 Å². The van der Waals surface area contributed by atoms with Gasteiger partial charge in [-0.3, -0.25) is 4.79 Å². The molecule has 1 aliphatic heterocycles. The van der Waals surface area contributed by atoms with E-state index in [2.05, 4.69) is 42.2 Å². The highest BCUT2D eigenvalue weighted by molar-refractivity contribution is 5.97. The van der Waals surface area contributed by atoms with Gasteiger partial charge >= 0.3 is 0 Å². The van der Waals surface area contributed by atoms with Crippen molar-refractivity contribution in [3.05, 3.63) is 53.6 Å². The molecule has 2 aromatic carbocycles. The standard InChI is InChI=1S/C24H27N3O2/c1-17-11-12-18(2)21(15-17)23-19-9-5-6-10-20(19)24(26-25-23)29-16-22(28)27-13-7-3-4-8-14-27/h5-6,9-12,15H,3-4,7-8,13-14,16H2,1-2H3. The number of aromatic nitrogens is 2. The van der Waals surface area contributed by atoms with Gasteiger partial charge in [0.2, 0.25) is 5.88 Å². The molecule has 0 radical (unpaired) electrons. The molecule has 1 aromatic heterocycles. The minimum atomic E-state index is 0.00148.